The van der Waals surface area contributed by atoms with Gasteiger partial charge in [0, 0.05) is 13.1 Å². The number of nitrogens with one attached hydrogen (secondary N) is 1. The molecule has 1 aromatic carbocycles. The third kappa shape index (κ3) is 2.15. The molecular formula is C12H16FN3. The lowest BCUT2D eigenvalue weighted by Crippen LogP contribution is -2.46. The number of aliphatic imine (C=N–C) groups is 1. The average Bonchev–Trinajstić information content (AvgIpc) is 2.24. The van der Waals surface area contributed by atoms with E-state index in [0.717, 1.165) is 18.4 Å². The molecule has 2 rings (SSSR count). The topological polar surface area (TPSA) is 50.4 Å². The van der Waals surface area contributed by atoms with Gasteiger partial charge in [0.05, 0.1) is 0 Å². The van der Waals surface area contributed by atoms with Gasteiger partial charge in [-0.2, -0.15) is 0 Å². The summed E-state index contributed by atoms with van der Waals surface area (Å²) in [5.74, 6) is 0.656. The molecule has 0 aromatic heterocycles. The Kier molecular flexibility index (Phi) is 3.08. The molecule has 3 N–H and O–H groups in total. The largest absolute Gasteiger partial charge is 0.370 e. The predicted molar refractivity (Wildman–Crippen MR) is 62.8 cm³/mol. The van der Waals surface area contributed by atoms with Gasteiger partial charge in [0.1, 0.15) is 5.82 Å². The molecule has 1 aliphatic rings. The molecule has 0 heterocycles. The molecule has 1 fully saturated rings. The number of nitrogens with two attached hydrogens (primary N) is 1. The summed E-state index contributed by atoms with van der Waals surface area (Å²) >= 11 is 0. The van der Waals surface area contributed by atoms with Crippen LogP contribution in [0.5, 0.6) is 0 Å². The van der Waals surface area contributed by atoms with Crippen LogP contribution < -0.4 is 11.1 Å². The molecule has 4 heteroatoms. The fourth-order valence-electron chi connectivity index (χ4n) is 2.07. The maximum atomic E-state index is 13.4. The second-order valence-electron chi connectivity index (χ2n) is 4.14. The first-order valence-corrected chi connectivity index (χ1v) is 5.44. The van der Waals surface area contributed by atoms with E-state index in [2.05, 4.69) is 10.3 Å². The van der Waals surface area contributed by atoms with Gasteiger partial charge < -0.3 is 11.1 Å². The number of benzene rings is 1. The SMILES string of the molecule is CN=C(N)NC1CC(c2ccccc2F)C1. The van der Waals surface area contributed by atoms with E-state index in [1.165, 1.54) is 6.07 Å². The van der Waals surface area contributed by atoms with Gasteiger partial charge in [0.2, 0.25) is 0 Å². The van der Waals surface area contributed by atoms with E-state index in [-0.39, 0.29) is 5.82 Å². The van der Waals surface area contributed by atoms with E-state index in [1.807, 2.05) is 12.1 Å². The Hall–Kier alpha value is -1.58. The predicted octanol–water partition coefficient (Wildman–Crippen LogP) is 1.61. The van der Waals surface area contributed by atoms with Crippen LogP contribution in [0.4, 0.5) is 4.39 Å². The molecule has 0 atom stereocenters. The maximum absolute atomic E-state index is 13.4. The van der Waals surface area contributed by atoms with Crippen molar-refractivity contribution in [3.05, 3.63) is 35.6 Å². The smallest absolute Gasteiger partial charge is 0.188 e. The molecule has 0 unspecified atom stereocenters. The van der Waals surface area contributed by atoms with Gasteiger partial charge in [-0.15, -0.1) is 0 Å². The van der Waals surface area contributed by atoms with Crippen molar-refractivity contribution in [2.75, 3.05) is 7.05 Å². The van der Waals surface area contributed by atoms with Crippen LogP contribution in [0.1, 0.15) is 24.3 Å². The number of halogens is 1. The molecule has 1 aliphatic carbocycles. The fraction of sp³-hybridized carbons (Fsp3) is 0.417. The molecule has 0 radical (unpaired) electrons. The van der Waals surface area contributed by atoms with Crippen molar-refractivity contribution in [2.24, 2.45) is 10.7 Å². The van der Waals surface area contributed by atoms with Crippen molar-refractivity contribution in [1.82, 2.24) is 5.32 Å². The van der Waals surface area contributed by atoms with Crippen LogP contribution in [0, 0.1) is 5.82 Å². The Bertz CT molecular complexity index is 397. The van der Waals surface area contributed by atoms with E-state index in [4.69, 9.17) is 5.73 Å². The Balaban J connectivity index is 1.91. The zero-order chi connectivity index (χ0) is 11.5. The van der Waals surface area contributed by atoms with Crippen LogP contribution in [0.15, 0.2) is 29.3 Å². The van der Waals surface area contributed by atoms with Crippen LogP contribution >= 0.6 is 0 Å². The summed E-state index contributed by atoms with van der Waals surface area (Å²) in [5, 5.41) is 3.09. The lowest BCUT2D eigenvalue weighted by atomic mass is 9.76. The van der Waals surface area contributed by atoms with Crippen molar-refractivity contribution < 1.29 is 4.39 Å². The Labute approximate surface area is 94.6 Å². The van der Waals surface area contributed by atoms with E-state index < -0.39 is 0 Å². The number of guanidine groups is 1. The molecule has 0 spiro atoms. The molecule has 16 heavy (non-hydrogen) atoms. The molecule has 1 saturated carbocycles. The normalized spacial score (nSPS) is 25.0. The lowest BCUT2D eigenvalue weighted by Gasteiger charge is -2.36. The van der Waals surface area contributed by atoms with Crippen LogP contribution in [0.2, 0.25) is 0 Å². The van der Waals surface area contributed by atoms with Crippen LogP contribution in [0.3, 0.4) is 0 Å². The number of nitrogens with zero attached hydrogens (tertiary/aromatic N) is 1. The summed E-state index contributed by atoms with van der Waals surface area (Å²) in [6, 6.07) is 7.29. The highest BCUT2D eigenvalue weighted by molar-refractivity contribution is 5.78. The third-order valence-electron chi connectivity index (χ3n) is 3.08. The highest BCUT2D eigenvalue weighted by atomic mass is 19.1. The van der Waals surface area contributed by atoms with E-state index in [0.29, 0.717) is 17.9 Å². The standard InChI is InChI=1S/C12H16FN3/c1-15-12(14)16-9-6-8(7-9)10-4-2-3-5-11(10)13/h2-5,8-9H,6-7H2,1H3,(H3,14,15,16). The molecule has 3 nitrogen and oxygen atoms in total. The third-order valence-corrected chi connectivity index (χ3v) is 3.08. The summed E-state index contributed by atoms with van der Waals surface area (Å²) in [6.45, 7) is 0. The minimum atomic E-state index is -0.108. The second kappa shape index (κ2) is 4.51. The van der Waals surface area contributed by atoms with Gasteiger partial charge in [-0.3, -0.25) is 4.99 Å². The van der Waals surface area contributed by atoms with Crippen LogP contribution in [-0.4, -0.2) is 19.0 Å². The first-order chi connectivity index (χ1) is 7.70. The molecule has 86 valence electrons. The Morgan fingerprint density at radius 3 is 2.75 bits per heavy atom. The molecular weight excluding hydrogens is 205 g/mol. The minimum Gasteiger partial charge on any atom is -0.370 e. The molecule has 1 aromatic rings. The van der Waals surface area contributed by atoms with Gasteiger partial charge >= 0.3 is 0 Å². The van der Waals surface area contributed by atoms with Gasteiger partial charge in [0.15, 0.2) is 5.96 Å². The quantitative estimate of drug-likeness (QED) is 0.589. The number of rotatable bonds is 2. The summed E-state index contributed by atoms with van der Waals surface area (Å²) in [4.78, 5) is 3.83. The van der Waals surface area contributed by atoms with Crippen LogP contribution in [-0.2, 0) is 0 Å². The number of hydrogen-bond acceptors (Lipinski definition) is 1. The Morgan fingerprint density at radius 1 is 1.44 bits per heavy atom. The first kappa shape index (κ1) is 10.9. The molecule has 0 bridgehead atoms. The molecule has 0 amide bonds. The van der Waals surface area contributed by atoms with E-state index >= 15 is 0 Å². The van der Waals surface area contributed by atoms with Crippen LogP contribution in [0.25, 0.3) is 0 Å². The highest BCUT2D eigenvalue weighted by Crippen LogP contribution is 2.37. The summed E-state index contributed by atoms with van der Waals surface area (Å²) in [6.07, 6.45) is 1.83. The number of hydrogen-bond donors (Lipinski definition) is 2. The van der Waals surface area contributed by atoms with Crippen molar-refractivity contribution >= 4 is 5.96 Å². The molecule has 0 saturated heterocycles. The summed E-state index contributed by atoms with van der Waals surface area (Å²) in [7, 11) is 1.65. The zero-order valence-corrected chi connectivity index (χ0v) is 9.28. The van der Waals surface area contributed by atoms with E-state index in [9.17, 15) is 4.39 Å². The van der Waals surface area contributed by atoms with Gasteiger partial charge in [-0.05, 0) is 30.4 Å². The second-order valence-corrected chi connectivity index (χ2v) is 4.14. The zero-order valence-electron chi connectivity index (χ0n) is 9.28. The van der Waals surface area contributed by atoms with Crippen molar-refractivity contribution in [1.29, 1.82) is 0 Å². The first-order valence-electron chi connectivity index (χ1n) is 5.44. The highest BCUT2D eigenvalue weighted by Gasteiger charge is 2.31. The Morgan fingerprint density at radius 2 is 2.12 bits per heavy atom. The molecule has 0 aliphatic heterocycles. The average molecular weight is 221 g/mol. The fourth-order valence-corrected chi connectivity index (χ4v) is 2.07. The lowest BCUT2D eigenvalue weighted by molar-refractivity contribution is 0.316. The van der Waals surface area contributed by atoms with Crippen molar-refractivity contribution in [3.63, 3.8) is 0 Å². The van der Waals surface area contributed by atoms with E-state index in [1.54, 1.807) is 13.1 Å². The van der Waals surface area contributed by atoms with Crippen molar-refractivity contribution in [2.45, 2.75) is 24.8 Å². The van der Waals surface area contributed by atoms with Crippen molar-refractivity contribution in [3.8, 4) is 0 Å². The van der Waals surface area contributed by atoms with Gasteiger partial charge in [-0.25, -0.2) is 4.39 Å². The minimum absolute atomic E-state index is 0.108. The maximum Gasteiger partial charge on any atom is 0.188 e. The summed E-state index contributed by atoms with van der Waals surface area (Å²) < 4.78 is 13.4. The van der Waals surface area contributed by atoms with Gasteiger partial charge in [0.25, 0.3) is 0 Å². The summed E-state index contributed by atoms with van der Waals surface area (Å²) in [5.41, 5.74) is 6.37. The monoisotopic (exact) mass is 221 g/mol. The van der Waals surface area contributed by atoms with Gasteiger partial charge in [-0.1, -0.05) is 18.2 Å².